The molecule has 1 nitrogen and oxygen atoms in total. The maximum atomic E-state index is 5.81. The SMILES string of the molecule is COC(C)CC(CCl)C(C)C. The molecule has 0 rings (SSSR count). The third-order valence-electron chi connectivity index (χ3n) is 2.18. The van der Waals surface area contributed by atoms with Gasteiger partial charge in [0.1, 0.15) is 0 Å². The molecule has 2 atom stereocenters. The van der Waals surface area contributed by atoms with Crippen LogP contribution in [0.2, 0.25) is 0 Å². The van der Waals surface area contributed by atoms with Crippen molar-refractivity contribution >= 4 is 11.6 Å². The summed E-state index contributed by atoms with van der Waals surface area (Å²) in [5, 5.41) is 0. The van der Waals surface area contributed by atoms with E-state index >= 15 is 0 Å². The maximum Gasteiger partial charge on any atom is 0.0546 e. The number of halogens is 1. The number of alkyl halides is 1. The Labute approximate surface area is 75.1 Å². The first-order valence-electron chi connectivity index (χ1n) is 4.20. The fourth-order valence-electron chi connectivity index (χ4n) is 1.04. The molecule has 0 radical (unpaired) electrons. The van der Waals surface area contributed by atoms with E-state index in [0.717, 1.165) is 12.3 Å². The second-order valence-corrected chi connectivity index (χ2v) is 3.75. The van der Waals surface area contributed by atoms with Crippen LogP contribution in [0, 0.1) is 11.8 Å². The van der Waals surface area contributed by atoms with Crippen molar-refractivity contribution in [2.75, 3.05) is 13.0 Å². The molecule has 0 saturated carbocycles. The van der Waals surface area contributed by atoms with E-state index in [2.05, 4.69) is 20.8 Å². The largest absolute Gasteiger partial charge is 0.382 e. The van der Waals surface area contributed by atoms with Gasteiger partial charge in [0.05, 0.1) is 6.10 Å². The van der Waals surface area contributed by atoms with Crippen LogP contribution >= 0.6 is 11.6 Å². The minimum atomic E-state index is 0.334. The van der Waals surface area contributed by atoms with Gasteiger partial charge < -0.3 is 4.74 Å². The maximum absolute atomic E-state index is 5.81. The fourth-order valence-corrected chi connectivity index (χ4v) is 1.52. The summed E-state index contributed by atoms with van der Waals surface area (Å²) in [6, 6.07) is 0. The summed E-state index contributed by atoms with van der Waals surface area (Å²) < 4.78 is 5.17. The fraction of sp³-hybridized carbons (Fsp3) is 1.00. The van der Waals surface area contributed by atoms with Crippen LogP contribution in [0.1, 0.15) is 27.2 Å². The van der Waals surface area contributed by atoms with Crippen LogP contribution in [0.3, 0.4) is 0 Å². The monoisotopic (exact) mass is 178 g/mol. The Morgan fingerprint density at radius 2 is 1.82 bits per heavy atom. The van der Waals surface area contributed by atoms with E-state index in [4.69, 9.17) is 16.3 Å². The lowest BCUT2D eigenvalue weighted by atomic mass is 9.92. The molecule has 2 unspecified atom stereocenters. The highest BCUT2D eigenvalue weighted by atomic mass is 35.5. The van der Waals surface area contributed by atoms with Gasteiger partial charge in [-0.3, -0.25) is 0 Å². The van der Waals surface area contributed by atoms with Gasteiger partial charge in [0.25, 0.3) is 0 Å². The molecule has 0 aromatic rings. The van der Waals surface area contributed by atoms with E-state index < -0.39 is 0 Å². The molecule has 0 N–H and O–H groups in total. The molecule has 0 aromatic heterocycles. The van der Waals surface area contributed by atoms with E-state index in [0.29, 0.717) is 17.9 Å². The molecule has 0 aliphatic rings. The molecule has 0 spiro atoms. The zero-order valence-corrected chi connectivity index (χ0v) is 8.69. The second kappa shape index (κ2) is 5.84. The zero-order valence-electron chi connectivity index (χ0n) is 7.93. The van der Waals surface area contributed by atoms with Crippen molar-refractivity contribution < 1.29 is 4.74 Å². The van der Waals surface area contributed by atoms with Crippen LogP contribution in [-0.4, -0.2) is 19.1 Å². The normalized spacial score (nSPS) is 16.9. The zero-order chi connectivity index (χ0) is 8.85. The van der Waals surface area contributed by atoms with Gasteiger partial charge in [0.15, 0.2) is 0 Å². The van der Waals surface area contributed by atoms with Crippen molar-refractivity contribution in [1.82, 2.24) is 0 Å². The Morgan fingerprint density at radius 1 is 1.27 bits per heavy atom. The summed E-state index contributed by atoms with van der Waals surface area (Å²) in [6.07, 6.45) is 1.40. The molecule has 68 valence electrons. The number of ether oxygens (including phenoxy) is 1. The number of rotatable bonds is 5. The molecule has 0 amide bonds. The van der Waals surface area contributed by atoms with Crippen LogP contribution in [0.5, 0.6) is 0 Å². The van der Waals surface area contributed by atoms with E-state index in [1.807, 2.05) is 0 Å². The molecule has 0 aliphatic carbocycles. The van der Waals surface area contributed by atoms with Gasteiger partial charge >= 0.3 is 0 Å². The van der Waals surface area contributed by atoms with E-state index in [-0.39, 0.29) is 0 Å². The third-order valence-corrected chi connectivity index (χ3v) is 2.57. The number of methoxy groups -OCH3 is 1. The van der Waals surface area contributed by atoms with Gasteiger partial charge in [-0.05, 0) is 25.2 Å². The van der Waals surface area contributed by atoms with Gasteiger partial charge in [-0.1, -0.05) is 13.8 Å². The summed E-state index contributed by atoms with van der Waals surface area (Å²) in [4.78, 5) is 0. The van der Waals surface area contributed by atoms with Gasteiger partial charge in [-0.15, -0.1) is 11.6 Å². The average molecular weight is 179 g/mol. The molecule has 0 aromatic carbocycles. The second-order valence-electron chi connectivity index (χ2n) is 3.44. The molecular formula is C9H19ClO. The van der Waals surface area contributed by atoms with Crippen LogP contribution < -0.4 is 0 Å². The summed E-state index contributed by atoms with van der Waals surface area (Å²) in [6.45, 7) is 6.49. The minimum absolute atomic E-state index is 0.334. The summed E-state index contributed by atoms with van der Waals surface area (Å²) in [7, 11) is 1.75. The minimum Gasteiger partial charge on any atom is -0.382 e. The quantitative estimate of drug-likeness (QED) is 0.589. The lowest BCUT2D eigenvalue weighted by Crippen LogP contribution is -2.18. The summed E-state index contributed by atoms with van der Waals surface area (Å²) in [5.74, 6) is 1.99. The molecule has 2 heteroatoms. The van der Waals surface area contributed by atoms with Crippen molar-refractivity contribution in [1.29, 1.82) is 0 Å². The van der Waals surface area contributed by atoms with Crippen LogP contribution in [0.4, 0.5) is 0 Å². The number of hydrogen-bond donors (Lipinski definition) is 0. The van der Waals surface area contributed by atoms with Gasteiger partial charge in [0, 0.05) is 13.0 Å². The molecule has 0 bridgehead atoms. The summed E-state index contributed by atoms with van der Waals surface area (Å²) in [5.41, 5.74) is 0. The Hall–Kier alpha value is 0.250. The highest BCUT2D eigenvalue weighted by Crippen LogP contribution is 2.19. The van der Waals surface area contributed by atoms with Gasteiger partial charge in [0.2, 0.25) is 0 Å². The predicted octanol–water partition coefficient (Wildman–Crippen LogP) is 2.92. The topological polar surface area (TPSA) is 9.23 Å². The first kappa shape index (κ1) is 11.2. The van der Waals surface area contributed by atoms with E-state index in [1.165, 1.54) is 0 Å². The van der Waals surface area contributed by atoms with Gasteiger partial charge in [-0.25, -0.2) is 0 Å². The highest BCUT2D eigenvalue weighted by molar-refractivity contribution is 6.18. The Bertz CT molecular complexity index is 93.6. The first-order valence-corrected chi connectivity index (χ1v) is 4.74. The first-order chi connectivity index (χ1) is 5.11. The van der Waals surface area contributed by atoms with Gasteiger partial charge in [-0.2, -0.15) is 0 Å². The Kier molecular flexibility index (Phi) is 5.98. The average Bonchev–Trinajstić information content (AvgIpc) is 1.99. The van der Waals surface area contributed by atoms with Crippen LogP contribution in [-0.2, 0) is 4.74 Å². The summed E-state index contributed by atoms with van der Waals surface area (Å²) >= 11 is 5.81. The molecular weight excluding hydrogens is 160 g/mol. The predicted molar refractivity (Wildman–Crippen MR) is 50.1 cm³/mol. The smallest absolute Gasteiger partial charge is 0.0546 e. The standard InChI is InChI=1S/C9H19ClO/c1-7(2)9(6-10)5-8(3)11-4/h7-9H,5-6H2,1-4H3. The Morgan fingerprint density at radius 3 is 2.09 bits per heavy atom. The molecule has 0 fully saturated rings. The highest BCUT2D eigenvalue weighted by Gasteiger charge is 2.15. The van der Waals surface area contributed by atoms with Crippen molar-refractivity contribution in [2.45, 2.75) is 33.3 Å². The lowest BCUT2D eigenvalue weighted by molar-refractivity contribution is 0.0908. The van der Waals surface area contributed by atoms with Crippen molar-refractivity contribution in [3.8, 4) is 0 Å². The van der Waals surface area contributed by atoms with Crippen molar-refractivity contribution in [2.24, 2.45) is 11.8 Å². The lowest BCUT2D eigenvalue weighted by Gasteiger charge is -2.20. The number of hydrogen-bond acceptors (Lipinski definition) is 1. The Balaban J connectivity index is 3.68. The molecule has 0 saturated heterocycles. The van der Waals surface area contributed by atoms with Crippen LogP contribution in [0.15, 0.2) is 0 Å². The van der Waals surface area contributed by atoms with E-state index in [9.17, 15) is 0 Å². The molecule has 0 aliphatic heterocycles. The molecule has 0 heterocycles. The van der Waals surface area contributed by atoms with Crippen molar-refractivity contribution in [3.63, 3.8) is 0 Å². The van der Waals surface area contributed by atoms with E-state index in [1.54, 1.807) is 7.11 Å². The van der Waals surface area contributed by atoms with Crippen molar-refractivity contribution in [3.05, 3.63) is 0 Å². The van der Waals surface area contributed by atoms with Crippen LogP contribution in [0.25, 0.3) is 0 Å². The third kappa shape index (κ3) is 4.65. The molecule has 11 heavy (non-hydrogen) atoms.